The molecule has 3 rings (SSSR count). The number of hydrogen-bond acceptors (Lipinski definition) is 3. The third kappa shape index (κ3) is 3.93. The number of rotatable bonds is 4. The van der Waals surface area contributed by atoms with Crippen molar-refractivity contribution in [1.82, 2.24) is 5.32 Å². The van der Waals surface area contributed by atoms with Crippen LogP contribution in [-0.4, -0.2) is 19.4 Å². The van der Waals surface area contributed by atoms with Crippen molar-refractivity contribution in [2.75, 3.05) is 13.2 Å². The zero-order valence-electron chi connectivity index (χ0n) is 12.8. The largest absolute Gasteiger partial charge is 0.349 e. The van der Waals surface area contributed by atoms with E-state index in [2.05, 4.69) is 5.32 Å². The first-order valence-electron chi connectivity index (χ1n) is 7.65. The summed E-state index contributed by atoms with van der Waals surface area (Å²) in [6.07, 6.45) is -1.01. The van der Waals surface area contributed by atoms with Crippen LogP contribution >= 0.6 is 0 Å². The fourth-order valence-electron chi connectivity index (χ4n) is 2.72. The average Bonchev–Trinajstić information content (AvgIpc) is 2.55. The Kier molecular flexibility index (Phi) is 5.00. The second-order valence-electron chi connectivity index (χ2n) is 5.56. The maximum Gasteiger partial charge on any atom is 0.177 e. The molecular weight excluding hydrogens is 300 g/mol. The topological polar surface area (TPSA) is 30.5 Å². The predicted octanol–water partition coefficient (Wildman–Crippen LogP) is 3.73. The monoisotopic (exact) mass is 319 g/mol. The summed E-state index contributed by atoms with van der Waals surface area (Å²) >= 11 is 0. The van der Waals surface area contributed by atoms with E-state index in [-0.39, 0.29) is 6.04 Å². The molecule has 1 fully saturated rings. The highest BCUT2D eigenvalue weighted by Gasteiger charge is 2.29. The lowest BCUT2D eigenvalue weighted by Gasteiger charge is -2.34. The zero-order chi connectivity index (χ0) is 16.2. The van der Waals surface area contributed by atoms with E-state index in [0.29, 0.717) is 12.2 Å². The fraction of sp³-hybridized carbons (Fsp3) is 0.333. The van der Waals surface area contributed by atoms with Crippen molar-refractivity contribution >= 4 is 0 Å². The molecule has 0 bridgehead atoms. The molecule has 0 aromatic heterocycles. The maximum atomic E-state index is 13.4. The number of nitrogens with one attached hydrogen (secondary N) is 1. The second-order valence-corrected chi connectivity index (χ2v) is 5.56. The molecule has 5 heteroatoms. The van der Waals surface area contributed by atoms with Gasteiger partial charge in [0.1, 0.15) is 11.6 Å². The third-order valence-corrected chi connectivity index (χ3v) is 3.87. The minimum Gasteiger partial charge on any atom is -0.349 e. The molecule has 0 saturated carbocycles. The van der Waals surface area contributed by atoms with E-state index in [0.717, 1.165) is 18.2 Å². The van der Waals surface area contributed by atoms with E-state index in [4.69, 9.17) is 9.47 Å². The van der Waals surface area contributed by atoms with Crippen molar-refractivity contribution in [1.29, 1.82) is 0 Å². The highest BCUT2D eigenvalue weighted by molar-refractivity contribution is 5.21. The van der Waals surface area contributed by atoms with Gasteiger partial charge in [0.2, 0.25) is 0 Å². The van der Waals surface area contributed by atoms with Crippen LogP contribution in [0.4, 0.5) is 8.78 Å². The molecule has 1 N–H and O–H groups in total. The first-order valence-corrected chi connectivity index (χ1v) is 7.65. The fourth-order valence-corrected chi connectivity index (χ4v) is 2.72. The van der Waals surface area contributed by atoms with Crippen LogP contribution in [0.5, 0.6) is 0 Å². The summed E-state index contributed by atoms with van der Waals surface area (Å²) in [6.45, 7) is 3.01. The molecule has 1 heterocycles. The Morgan fingerprint density at radius 3 is 2.52 bits per heavy atom. The smallest absolute Gasteiger partial charge is 0.177 e. The van der Waals surface area contributed by atoms with E-state index in [9.17, 15) is 8.78 Å². The standard InChI is InChI=1S/C18H19F2NO2/c1-12(14-9-15(19)11-16(20)10-14)23-18-17(21-7-8-22-18)13-5-3-2-4-6-13/h2-6,9-12,17-18,21H,7-8H2,1H3. The van der Waals surface area contributed by atoms with Crippen molar-refractivity contribution in [3.05, 3.63) is 71.3 Å². The summed E-state index contributed by atoms with van der Waals surface area (Å²) in [6, 6.07) is 13.1. The van der Waals surface area contributed by atoms with Gasteiger partial charge >= 0.3 is 0 Å². The summed E-state index contributed by atoms with van der Waals surface area (Å²) in [5, 5.41) is 3.37. The maximum absolute atomic E-state index is 13.4. The highest BCUT2D eigenvalue weighted by Crippen LogP contribution is 2.28. The predicted molar refractivity (Wildman–Crippen MR) is 82.8 cm³/mol. The molecule has 122 valence electrons. The molecule has 2 aromatic rings. The first-order chi connectivity index (χ1) is 11.1. The Morgan fingerprint density at radius 1 is 1.13 bits per heavy atom. The van der Waals surface area contributed by atoms with Gasteiger partial charge < -0.3 is 14.8 Å². The molecule has 0 aliphatic carbocycles. The van der Waals surface area contributed by atoms with Crippen LogP contribution in [-0.2, 0) is 9.47 Å². The third-order valence-electron chi connectivity index (χ3n) is 3.87. The van der Waals surface area contributed by atoms with Crippen molar-refractivity contribution in [3.63, 3.8) is 0 Å². The lowest BCUT2D eigenvalue weighted by Crippen LogP contribution is -2.43. The molecule has 1 aliphatic rings. The van der Waals surface area contributed by atoms with Crippen LogP contribution in [0.1, 0.15) is 30.2 Å². The Morgan fingerprint density at radius 2 is 1.83 bits per heavy atom. The number of benzene rings is 2. The van der Waals surface area contributed by atoms with Gasteiger partial charge in [-0.3, -0.25) is 0 Å². The summed E-state index contributed by atoms with van der Waals surface area (Å²) < 4.78 is 38.4. The number of hydrogen-bond donors (Lipinski definition) is 1. The number of morpholine rings is 1. The van der Waals surface area contributed by atoms with Crippen LogP contribution < -0.4 is 5.32 Å². The normalized spacial score (nSPS) is 22.7. The molecule has 3 atom stereocenters. The summed E-state index contributed by atoms with van der Waals surface area (Å²) in [5.74, 6) is -1.23. The van der Waals surface area contributed by atoms with Crippen molar-refractivity contribution < 1.29 is 18.3 Å². The molecule has 2 aromatic carbocycles. The van der Waals surface area contributed by atoms with Crippen LogP contribution in [0.25, 0.3) is 0 Å². The minimum absolute atomic E-state index is 0.120. The second kappa shape index (κ2) is 7.17. The average molecular weight is 319 g/mol. The SMILES string of the molecule is CC(OC1OCCNC1c1ccccc1)c1cc(F)cc(F)c1. The van der Waals surface area contributed by atoms with Gasteiger partial charge in [-0.1, -0.05) is 30.3 Å². The van der Waals surface area contributed by atoms with E-state index < -0.39 is 24.0 Å². The van der Waals surface area contributed by atoms with Crippen molar-refractivity contribution in [2.45, 2.75) is 25.4 Å². The van der Waals surface area contributed by atoms with Crippen molar-refractivity contribution in [2.24, 2.45) is 0 Å². The van der Waals surface area contributed by atoms with E-state index >= 15 is 0 Å². The van der Waals surface area contributed by atoms with E-state index in [1.165, 1.54) is 12.1 Å². The Bertz CT molecular complexity index is 630. The molecule has 3 unspecified atom stereocenters. The Balaban J connectivity index is 1.76. The van der Waals surface area contributed by atoms with Gasteiger partial charge in [-0.2, -0.15) is 0 Å². The van der Waals surface area contributed by atoms with Crippen LogP contribution in [0.15, 0.2) is 48.5 Å². The minimum atomic E-state index is -0.613. The quantitative estimate of drug-likeness (QED) is 0.931. The highest BCUT2D eigenvalue weighted by atomic mass is 19.1. The molecule has 1 saturated heterocycles. The summed E-state index contributed by atoms with van der Waals surface area (Å²) in [5.41, 5.74) is 1.50. The van der Waals surface area contributed by atoms with Crippen LogP contribution in [0, 0.1) is 11.6 Å². The lowest BCUT2D eigenvalue weighted by molar-refractivity contribution is -0.200. The van der Waals surface area contributed by atoms with Crippen LogP contribution in [0.3, 0.4) is 0 Å². The van der Waals surface area contributed by atoms with Gasteiger partial charge in [0.25, 0.3) is 0 Å². The Hall–Kier alpha value is -1.82. The van der Waals surface area contributed by atoms with Crippen molar-refractivity contribution in [3.8, 4) is 0 Å². The van der Waals surface area contributed by atoms with Gasteiger partial charge in [-0.15, -0.1) is 0 Å². The van der Waals surface area contributed by atoms with E-state index in [1.54, 1.807) is 6.92 Å². The molecule has 0 spiro atoms. The van der Waals surface area contributed by atoms with Crippen LogP contribution in [0.2, 0.25) is 0 Å². The number of ether oxygens (including phenoxy) is 2. The molecular formula is C18H19F2NO2. The van der Waals surface area contributed by atoms with Gasteiger partial charge in [-0.25, -0.2) is 8.78 Å². The first kappa shape index (κ1) is 16.1. The van der Waals surface area contributed by atoms with Gasteiger partial charge in [0.05, 0.1) is 18.8 Å². The summed E-state index contributed by atoms with van der Waals surface area (Å²) in [4.78, 5) is 0. The number of halogens is 2. The molecule has 1 aliphatic heterocycles. The van der Waals surface area contributed by atoms with E-state index in [1.807, 2.05) is 30.3 Å². The van der Waals surface area contributed by atoms with Gasteiger partial charge in [0.15, 0.2) is 6.29 Å². The molecule has 23 heavy (non-hydrogen) atoms. The van der Waals surface area contributed by atoms with Gasteiger partial charge in [-0.05, 0) is 30.2 Å². The Labute approximate surface area is 134 Å². The van der Waals surface area contributed by atoms with Gasteiger partial charge in [0, 0.05) is 12.6 Å². The summed E-state index contributed by atoms with van der Waals surface area (Å²) in [7, 11) is 0. The zero-order valence-corrected chi connectivity index (χ0v) is 12.8. The molecule has 0 amide bonds. The molecule has 0 radical (unpaired) electrons. The molecule has 3 nitrogen and oxygen atoms in total. The lowest BCUT2D eigenvalue weighted by atomic mass is 10.0.